The van der Waals surface area contributed by atoms with E-state index < -0.39 is 28.3 Å². The van der Waals surface area contributed by atoms with E-state index in [2.05, 4.69) is 5.32 Å². The maximum atomic E-state index is 13.2. The molecule has 0 atom stereocenters. The number of rotatable bonds is 7. The SMILES string of the molecule is O=C(CN(Cc1ccc(F)cc1)S(=O)(=O)c1ccccc1)Nc1c(Cl)cccc1Cl. The molecule has 0 radical (unpaired) electrons. The van der Waals surface area contributed by atoms with Crippen LogP contribution in [-0.4, -0.2) is 25.2 Å². The van der Waals surface area contributed by atoms with Gasteiger partial charge in [-0.25, -0.2) is 12.8 Å². The lowest BCUT2D eigenvalue weighted by Crippen LogP contribution is -2.37. The van der Waals surface area contributed by atoms with Crippen molar-refractivity contribution in [3.8, 4) is 0 Å². The fourth-order valence-corrected chi connectivity index (χ4v) is 4.61. The minimum Gasteiger partial charge on any atom is -0.322 e. The van der Waals surface area contributed by atoms with Crippen molar-refractivity contribution in [1.29, 1.82) is 0 Å². The summed E-state index contributed by atoms with van der Waals surface area (Å²) < 4.78 is 40.5. The molecule has 9 heteroatoms. The van der Waals surface area contributed by atoms with Crippen molar-refractivity contribution in [2.75, 3.05) is 11.9 Å². The van der Waals surface area contributed by atoms with Gasteiger partial charge in [0.25, 0.3) is 0 Å². The summed E-state index contributed by atoms with van der Waals surface area (Å²) in [7, 11) is -4.00. The molecule has 0 aliphatic carbocycles. The third-order valence-corrected chi connectivity index (χ3v) is 6.64. The molecule has 5 nitrogen and oxygen atoms in total. The van der Waals surface area contributed by atoms with Gasteiger partial charge in [-0.3, -0.25) is 4.79 Å². The van der Waals surface area contributed by atoms with Crippen LogP contribution >= 0.6 is 23.2 Å². The van der Waals surface area contributed by atoms with Crippen LogP contribution in [0.25, 0.3) is 0 Å². The monoisotopic (exact) mass is 466 g/mol. The fraction of sp³-hybridized carbons (Fsp3) is 0.0952. The maximum Gasteiger partial charge on any atom is 0.243 e. The summed E-state index contributed by atoms with van der Waals surface area (Å²) in [5.74, 6) is -1.06. The summed E-state index contributed by atoms with van der Waals surface area (Å²) in [6, 6.07) is 17.9. The van der Waals surface area contributed by atoms with Gasteiger partial charge < -0.3 is 5.32 Å². The van der Waals surface area contributed by atoms with Gasteiger partial charge in [-0.1, -0.05) is 59.6 Å². The number of nitrogens with one attached hydrogen (secondary N) is 1. The van der Waals surface area contributed by atoms with Crippen LogP contribution in [0.4, 0.5) is 10.1 Å². The Bertz CT molecular complexity index is 1120. The van der Waals surface area contributed by atoms with Crippen LogP contribution < -0.4 is 5.32 Å². The number of carbonyl (C=O) groups excluding carboxylic acids is 1. The number of benzene rings is 3. The van der Waals surface area contributed by atoms with Gasteiger partial charge in [-0.05, 0) is 42.0 Å². The molecular weight excluding hydrogens is 450 g/mol. The minimum absolute atomic E-state index is 0.0377. The molecular formula is C21H17Cl2FN2O3S. The van der Waals surface area contributed by atoms with Crippen LogP contribution in [-0.2, 0) is 21.4 Å². The second-order valence-electron chi connectivity index (χ2n) is 6.36. The average molecular weight is 467 g/mol. The second-order valence-corrected chi connectivity index (χ2v) is 9.11. The first kappa shape index (κ1) is 22.2. The third-order valence-electron chi connectivity index (χ3n) is 4.20. The number of para-hydroxylation sites is 1. The van der Waals surface area contributed by atoms with Gasteiger partial charge in [0, 0.05) is 6.54 Å². The highest BCUT2D eigenvalue weighted by Crippen LogP contribution is 2.30. The van der Waals surface area contributed by atoms with Gasteiger partial charge in [0.15, 0.2) is 0 Å². The smallest absolute Gasteiger partial charge is 0.243 e. The fourth-order valence-electron chi connectivity index (χ4n) is 2.72. The normalized spacial score (nSPS) is 11.5. The molecule has 3 rings (SSSR count). The van der Waals surface area contributed by atoms with Crippen LogP contribution in [0.3, 0.4) is 0 Å². The van der Waals surface area contributed by atoms with Gasteiger partial charge in [-0.15, -0.1) is 0 Å². The predicted molar refractivity (Wildman–Crippen MR) is 116 cm³/mol. The number of amides is 1. The zero-order valence-electron chi connectivity index (χ0n) is 15.6. The van der Waals surface area contributed by atoms with Crippen molar-refractivity contribution in [3.63, 3.8) is 0 Å². The maximum absolute atomic E-state index is 13.2. The van der Waals surface area contributed by atoms with E-state index in [1.165, 1.54) is 36.4 Å². The zero-order chi connectivity index (χ0) is 21.7. The van der Waals surface area contributed by atoms with E-state index in [4.69, 9.17) is 23.2 Å². The van der Waals surface area contributed by atoms with Gasteiger partial charge in [0.1, 0.15) is 5.82 Å². The van der Waals surface area contributed by atoms with Crippen molar-refractivity contribution in [2.45, 2.75) is 11.4 Å². The molecule has 0 bridgehead atoms. The van der Waals surface area contributed by atoms with Crippen LogP contribution in [0.1, 0.15) is 5.56 Å². The lowest BCUT2D eigenvalue weighted by atomic mass is 10.2. The van der Waals surface area contributed by atoms with Crippen LogP contribution in [0, 0.1) is 5.82 Å². The lowest BCUT2D eigenvalue weighted by molar-refractivity contribution is -0.116. The number of halogens is 3. The lowest BCUT2D eigenvalue weighted by Gasteiger charge is -2.22. The Morgan fingerprint density at radius 3 is 2.10 bits per heavy atom. The van der Waals surface area contributed by atoms with E-state index in [0.717, 1.165) is 4.31 Å². The Morgan fingerprint density at radius 1 is 0.900 bits per heavy atom. The molecule has 3 aromatic rings. The molecule has 0 unspecified atom stereocenters. The summed E-state index contributed by atoms with van der Waals surface area (Å²) in [5.41, 5.74) is 0.726. The highest BCUT2D eigenvalue weighted by molar-refractivity contribution is 7.89. The zero-order valence-corrected chi connectivity index (χ0v) is 17.9. The van der Waals surface area contributed by atoms with Crippen molar-refractivity contribution in [2.24, 2.45) is 0 Å². The number of sulfonamides is 1. The number of anilines is 1. The Morgan fingerprint density at radius 2 is 1.50 bits per heavy atom. The highest BCUT2D eigenvalue weighted by atomic mass is 35.5. The molecule has 0 aromatic heterocycles. The average Bonchev–Trinajstić information content (AvgIpc) is 2.72. The van der Waals surface area contributed by atoms with Gasteiger partial charge in [0.05, 0.1) is 27.2 Å². The summed E-state index contributed by atoms with van der Waals surface area (Å²) in [6.45, 7) is -0.614. The van der Waals surface area contributed by atoms with Crippen LogP contribution in [0.5, 0.6) is 0 Å². The quantitative estimate of drug-likeness (QED) is 0.534. The van der Waals surface area contributed by atoms with E-state index in [9.17, 15) is 17.6 Å². The molecule has 0 fully saturated rings. The first-order chi connectivity index (χ1) is 14.3. The van der Waals surface area contributed by atoms with Crippen molar-refractivity contribution < 1.29 is 17.6 Å². The Kier molecular flexibility index (Phi) is 7.10. The van der Waals surface area contributed by atoms with E-state index in [1.54, 1.807) is 36.4 Å². The summed E-state index contributed by atoms with van der Waals surface area (Å²) in [4.78, 5) is 12.7. The number of hydrogen-bond acceptors (Lipinski definition) is 3. The summed E-state index contributed by atoms with van der Waals surface area (Å²) in [6.07, 6.45) is 0. The standard InChI is InChI=1S/C21H17Cl2FN2O3S/c22-18-7-4-8-19(23)21(18)25-20(27)14-26(13-15-9-11-16(24)12-10-15)30(28,29)17-5-2-1-3-6-17/h1-12H,13-14H2,(H,25,27). The van der Waals surface area contributed by atoms with Crippen LogP contribution in [0.2, 0.25) is 10.0 Å². The summed E-state index contributed by atoms with van der Waals surface area (Å²) >= 11 is 12.1. The van der Waals surface area contributed by atoms with E-state index in [1.807, 2.05) is 0 Å². The van der Waals surface area contributed by atoms with Crippen molar-refractivity contribution in [1.82, 2.24) is 4.31 Å². The second kappa shape index (κ2) is 9.57. The van der Waals surface area contributed by atoms with E-state index >= 15 is 0 Å². The Balaban J connectivity index is 1.89. The Labute approximate surface area is 184 Å². The molecule has 30 heavy (non-hydrogen) atoms. The number of hydrogen-bond donors (Lipinski definition) is 1. The molecule has 3 aromatic carbocycles. The first-order valence-electron chi connectivity index (χ1n) is 8.81. The van der Waals surface area contributed by atoms with E-state index in [-0.39, 0.29) is 27.2 Å². The van der Waals surface area contributed by atoms with Gasteiger partial charge in [-0.2, -0.15) is 4.31 Å². The third kappa shape index (κ3) is 5.37. The molecule has 1 N–H and O–H groups in total. The molecule has 0 aliphatic rings. The van der Waals surface area contributed by atoms with Crippen LogP contribution in [0.15, 0.2) is 77.7 Å². The largest absolute Gasteiger partial charge is 0.322 e. The van der Waals surface area contributed by atoms with E-state index in [0.29, 0.717) is 5.56 Å². The molecule has 1 amide bonds. The molecule has 0 saturated carbocycles. The molecule has 0 heterocycles. The van der Waals surface area contributed by atoms with Gasteiger partial charge >= 0.3 is 0 Å². The molecule has 156 valence electrons. The van der Waals surface area contributed by atoms with Crippen molar-refractivity contribution >= 4 is 44.8 Å². The molecule has 0 saturated heterocycles. The number of nitrogens with zero attached hydrogens (tertiary/aromatic N) is 1. The number of carbonyl (C=O) groups is 1. The topological polar surface area (TPSA) is 66.5 Å². The molecule has 0 aliphatic heterocycles. The van der Waals surface area contributed by atoms with Crippen molar-refractivity contribution in [3.05, 3.63) is 94.2 Å². The van der Waals surface area contributed by atoms with Gasteiger partial charge in [0.2, 0.25) is 15.9 Å². The highest BCUT2D eigenvalue weighted by Gasteiger charge is 2.27. The Hall–Kier alpha value is -2.45. The first-order valence-corrected chi connectivity index (χ1v) is 11.0. The predicted octanol–water partition coefficient (Wildman–Crippen LogP) is 4.96. The minimum atomic E-state index is -4.00. The molecule has 0 spiro atoms. The summed E-state index contributed by atoms with van der Waals surface area (Å²) in [5, 5.41) is 3.02.